The van der Waals surface area contributed by atoms with Crippen molar-refractivity contribution in [3.05, 3.63) is 42.5 Å². The summed E-state index contributed by atoms with van der Waals surface area (Å²) in [4.78, 5) is 13.6. The van der Waals surface area contributed by atoms with Crippen molar-refractivity contribution in [2.75, 3.05) is 13.1 Å². The maximum Gasteiger partial charge on any atom is 0.246 e. The molecule has 4 nitrogen and oxygen atoms in total. The fraction of sp³-hybridized carbons (Fsp3) is 0.357. The predicted molar refractivity (Wildman–Crippen MR) is 73.4 cm³/mol. The Morgan fingerprint density at radius 1 is 1.32 bits per heavy atom. The van der Waals surface area contributed by atoms with Crippen molar-refractivity contribution in [3.8, 4) is 0 Å². The average Bonchev–Trinajstić information content (AvgIpc) is 2.90. The molecule has 0 aromatic heterocycles. The van der Waals surface area contributed by atoms with Gasteiger partial charge in [0.2, 0.25) is 5.91 Å². The van der Waals surface area contributed by atoms with Gasteiger partial charge in [0.25, 0.3) is 0 Å². The van der Waals surface area contributed by atoms with Crippen molar-refractivity contribution in [3.63, 3.8) is 0 Å². The molecule has 0 bridgehead atoms. The lowest BCUT2D eigenvalue weighted by Crippen LogP contribution is -2.30. The van der Waals surface area contributed by atoms with E-state index in [0.717, 1.165) is 0 Å². The smallest absolute Gasteiger partial charge is 0.246 e. The van der Waals surface area contributed by atoms with Crippen LogP contribution in [0.3, 0.4) is 0 Å². The second-order valence-electron chi connectivity index (χ2n) is 4.55. The average molecular weight is 279 g/mol. The molecule has 2 rings (SSSR count). The summed E-state index contributed by atoms with van der Waals surface area (Å²) in [5.41, 5.74) is 0. The van der Waals surface area contributed by atoms with Crippen molar-refractivity contribution in [2.24, 2.45) is 0 Å². The molecule has 1 aliphatic heterocycles. The highest BCUT2D eigenvalue weighted by molar-refractivity contribution is 7.92. The Morgan fingerprint density at radius 2 is 2.00 bits per heavy atom. The Hall–Kier alpha value is -1.62. The third kappa shape index (κ3) is 2.87. The van der Waals surface area contributed by atoms with Gasteiger partial charge in [0, 0.05) is 13.1 Å². The fourth-order valence-corrected chi connectivity index (χ4v) is 3.95. The molecule has 0 N–H and O–H groups in total. The number of nitrogens with zero attached hydrogens (tertiary/aromatic N) is 1. The largest absolute Gasteiger partial charge is 0.338 e. The zero-order chi connectivity index (χ0) is 13.9. The molecule has 0 radical (unpaired) electrons. The molecule has 1 aromatic rings. The van der Waals surface area contributed by atoms with Gasteiger partial charge in [-0.2, -0.15) is 0 Å². The van der Waals surface area contributed by atoms with E-state index in [4.69, 9.17) is 0 Å². The highest BCUT2D eigenvalue weighted by atomic mass is 32.2. The number of benzene rings is 1. The lowest BCUT2D eigenvalue weighted by Gasteiger charge is -2.14. The minimum Gasteiger partial charge on any atom is -0.338 e. The van der Waals surface area contributed by atoms with Gasteiger partial charge in [0.1, 0.15) is 0 Å². The molecular formula is C14H17NO3S. The van der Waals surface area contributed by atoms with E-state index in [1.807, 2.05) is 0 Å². The fourth-order valence-electron chi connectivity index (χ4n) is 2.23. The first-order valence-electron chi connectivity index (χ1n) is 6.26. The van der Waals surface area contributed by atoms with Crippen LogP contribution in [0.2, 0.25) is 0 Å². The number of sulfone groups is 1. The summed E-state index contributed by atoms with van der Waals surface area (Å²) < 4.78 is 24.8. The number of amides is 1. The van der Waals surface area contributed by atoms with Crippen LogP contribution < -0.4 is 0 Å². The van der Waals surface area contributed by atoms with Gasteiger partial charge in [0.15, 0.2) is 9.84 Å². The number of carbonyl (C=O) groups is 1. The van der Waals surface area contributed by atoms with E-state index >= 15 is 0 Å². The van der Waals surface area contributed by atoms with Crippen molar-refractivity contribution in [1.29, 1.82) is 0 Å². The second kappa shape index (κ2) is 5.57. The van der Waals surface area contributed by atoms with Gasteiger partial charge >= 0.3 is 0 Å². The zero-order valence-corrected chi connectivity index (χ0v) is 11.6. The lowest BCUT2D eigenvalue weighted by atomic mass is 10.4. The van der Waals surface area contributed by atoms with Gasteiger partial charge in [-0.3, -0.25) is 4.79 Å². The van der Waals surface area contributed by atoms with Gasteiger partial charge in [-0.25, -0.2) is 8.42 Å². The van der Waals surface area contributed by atoms with Crippen LogP contribution in [0.4, 0.5) is 0 Å². The van der Waals surface area contributed by atoms with E-state index in [0.29, 0.717) is 17.9 Å². The molecule has 1 fully saturated rings. The Kier molecular flexibility index (Phi) is 4.04. The van der Waals surface area contributed by atoms with Gasteiger partial charge in [-0.1, -0.05) is 24.3 Å². The Balaban J connectivity index is 2.15. The monoisotopic (exact) mass is 279 g/mol. The maximum absolute atomic E-state index is 12.4. The molecule has 1 aromatic carbocycles. The molecule has 1 unspecified atom stereocenters. The zero-order valence-electron chi connectivity index (χ0n) is 10.8. The summed E-state index contributed by atoms with van der Waals surface area (Å²) in [6, 6.07) is 8.42. The molecule has 1 aliphatic rings. The van der Waals surface area contributed by atoms with E-state index < -0.39 is 15.1 Å². The first-order valence-corrected chi connectivity index (χ1v) is 7.81. The number of hydrogen-bond donors (Lipinski definition) is 0. The molecule has 0 spiro atoms. The number of rotatable bonds is 3. The normalized spacial score (nSPS) is 20.1. The summed E-state index contributed by atoms with van der Waals surface area (Å²) in [6.07, 6.45) is 3.64. The van der Waals surface area contributed by atoms with Crippen LogP contribution in [0.5, 0.6) is 0 Å². The molecular weight excluding hydrogens is 262 g/mol. The molecule has 0 aliphatic carbocycles. The van der Waals surface area contributed by atoms with Crippen molar-refractivity contribution >= 4 is 15.7 Å². The second-order valence-corrected chi connectivity index (χ2v) is 6.78. The van der Waals surface area contributed by atoms with Crippen LogP contribution in [0.1, 0.15) is 13.3 Å². The molecule has 1 heterocycles. The van der Waals surface area contributed by atoms with Crippen LogP contribution in [0.15, 0.2) is 47.4 Å². The molecule has 19 heavy (non-hydrogen) atoms. The highest BCUT2D eigenvalue weighted by Gasteiger charge is 2.35. The minimum atomic E-state index is -3.34. The Morgan fingerprint density at radius 3 is 2.63 bits per heavy atom. The van der Waals surface area contributed by atoms with E-state index in [-0.39, 0.29) is 12.5 Å². The standard InChI is InChI=1S/C14H17NO3S/c1-2-6-14(16)15-10-9-13(11-15)19(17,18)12-7-4-3-5-8-12/h2-8,13H,9-11H2,1H3/b6-2+. The number of likely N-dealkylation sites (tertiary alicyclic amines) is 1. The third-order valence-corrected chi connectivity index (χ3v) is 5.47. The molecule has 1 amide bonds. The first kappa shape index (κ1) is 13.8. The van der Waals surface area contributed by atoms with E-state index in [2.05, 4.69) is 0 Å². The van der Waals surface area contributed by atoms with Crippen LogP contribution in [0, 0.1) is 0 Å². The summed E-state index contributed by atoms with van der Waals surface area (Å²) in [5, 5.41) is -0.496. The highest BCUT2D eigenvalue weighted by Crippen LogP contribution is 2.23. The summed E-state index contributed by atoms with van der Waals surface area (Å²) in [5.74, 6) is -0.117. The van der Waals surface area contributed by atoms with Crippen LogP contribution in [-0.2, 0) is 14.6 Å². The summed E-state index contributed by atoms with van der Waals surface area (Å²) in [7, 11) is -3.34. The first-order chi connectivity index (χ1) is 9.05. The van der Waals surface area contributed by atoms with Gasteiger partial charge in [-0.15, -0.1) is 0 Å². The molecule has 5 heteroatoms. The Bertz CT molecular complexity index is 578. The lowest BCUT2D eigenvalue weighted by molar-refractivity contribution is -0.124. The van der Waals surface area contributed by atoms with Crippen molar-refractivity contribution < 1.29 is 13.2 Å². The minimum absolute atomic E-state index is 0.117. The summed E-state index contributed by atoms with van der Waals surface area (Å²) >= 11 is 0. The van der Waals surface area contributed by atoms with Crippen molar-refractivity contribution in [1.82, 2.24) is 4.90 Å². The molecule has 1 atom stereocenters. The van der Waals surface area contributed by atoms with Gasteiger partial charge < -0.3 is 4.90 Å². The van der Waals surface area contributed by atoms with E-state index in [1.54, 1.807) is 48.2 Å². The molecule has 102 valence electrons. The topological polar surface area (TPSA) is 54.5 Å². The SMILES string of the molecule is C/C=C/C(=O)N1CCC(S(=O)(=O)c2ccccc2)C1. The van der Waals surface area contributed by atoms with E-state index in [9.17, 15) is 13.2 Å². The van der Waals surface area contributed by atoms with Gasteiger partial charge in [0.05, 0.1) is 10.1 Å². The van der Waals surface area contributed by atoms with Gasteiger partial charge in [-0.05, 0) is 31.6 Å². The Labute approximate surface area is 113 Å². The number of hydrogen-bond acceptors (Lipinski definition) is 3. The number of carbonyl (C=O) groups excluding carboxylic acids is 1. The van der Waals surface area contributed by atoms with Crippen molar-refractivity contribution in [2.45, 2.75) is 23.5 Å². The third-order valence-electron chi connectivity index (χ3n) is 3.28. The van der Waals surface area contributed by atoms with Crippen LogP contribution in [0.25, 0.3) is 0 Å². The quantitative estimate of drug-likeness (QED) is 0.790. The number of allylic oxidation sites excluding steroid dienone is 1. The predicted octanol–water partition coefficient (Wildman–Crippen LogP) is 1.64. The van der Waals surface area contributed by atoms with Crippen LogP contribution in [-0.4, -0.2) is 37.6 Å². The van der Waals surface area contributed by atoms with Crippen LogP contribution >= 0.6 is 0 Å². The molecule has 1 saturated heterocycles. The molecule has 0 saturated carbocycles. The van der Waals surface area contributed by atoms with E-state index in [1.165, 1.54) is 6.08 Å². The maximum atomic E-state index is 12.4. The summed E-state index contributed by atoms with van der Waals surface area (Å²) in [6.45, 7) is 2.55.